The monoisotopic (exact) mass is 374 g/mol. The molecule has 0 unspecified atom stereocenters. The van der Waals surface area contributed by atoms with Crippen molar-refractivity contribution in [1.29, 1.82) is 0 Å². The van der Waals surface area contributed by atoms with Gasteiger partial charge in [-0.05, 0) is 55.0 Å². The van der Waals surface area contributed by atoms with Crippen LogP contribution in [-0.2, 0) is 6.61 Å². The molecule has 144 valence electrons. The van der Waals surface area contributed by atoms with Crippen molar-refractivity contribution in [1.82, 2.24) is 0 Å². The third-order valence-corrected chi connectivity index (χ3v) is 5.38. The maximum absolute atomic E-state index is 14.9. The van der Waals surface area contributed by atoms with Gasteiger partial charge in [0.05, 0.1) is 13.2 Å². The third kappa shape index (κ3) is 3.47. The highest BCUT2D eigenvalue weighted by Crippen LogP contribution is 2.44. The molecule has 4 rings (SSSR count). The van der Waals surface area contributed by atoms with E-state index in [1.807, 2.05) is 6.92 Å². The standard InChI is InChI=1S/C22H24F2O3/c1-2-3-11-25-19-10-8-16-15-7-9-18(26-12-14-5-4-6-14)20(23)17(15)13-27-22(16)21(19)24/h7-10,14H,2-6,11-13H2,1H3. The van der Waals surface area contributed by atoms with Crippen molar-refractivity contribution in [2.45, 2.75) is 45.6 Å². The van der Waals surface area contributed by atoms with Crippen LogP contribution in [-0.4, -0.2) is 13.2 Å². The summed E-state index contributed by atoms with van der Waals surface area (Å²) in [4.78, 5) is 0. The van der Waals surface area contributed by atoms with Crippen LogP contribution in [0.4, 0.5) is 8.78 Å². The van der Waals surface area contributed by atoms with Crippen molar-refractivity contribution < 1.29 is 23.0 Å². The Bertz CT molecular complexity index is 831. The molecule has 0 amide bonds. The molecule has 1 fully saturated rings. The lowest BCUT2D eigenvalue weighted by atomic mass is 9.86. The first kappa shape index (κ1) is 18.1. The minimum absolute atomic E-state index is 0.0237. The molecule has 0 N–H and O–H groups in total. The predicted octanol–water partition coefficient (Wildman–Crippen LogP) is 5.88. The van der Waals surface area contributed by atoms with Crippen molar-refractivity contribution >= 4 is 0 Å². The van der Waals surface area contributed by atoms with Crippen LogP contribution in [0.25, 0.3) is 11.1 Å². The van der Waals surface area contributed by atoms with E-state index >= 15 is 0 Å². The van der Waals surface area contributed by atoms with Crippen molar-refractivity contribution in [3.8, 4) is 28.4 Å². The van der Waals surface area contributed by atoms with Crippen molar-refractivity contribution in [3.63, 3.8) is 0 Å². The first-order valence-electron chi connectivity index (χ1n) is 9.71. The largest absolute Gasteiger partial charge is 0.490 e. The summed E-state index contributed by atoms with van der Waals surface area (Å²) < 4.78 is 46.4. The second kappa shape index (κ2) is 7.75. The molecule has 0 radical (unpaired) electrons. The second-order valence-corrected chi connectivity index (χ2v) is 7.26. The first-order valence-corrected chi connectivity index (χ1v) is 9.71. The number of rotatable bonds is 7. The maximum atomic E-state index is 14.9. The molecule has 0 bridgehead atoms. The molecule has 1 aliphatic heterocycles. The number of ether oxygens (including phenoxy) is 3. The van der Waals surface area contributed by atoms with Crippen LogP contribution < -0.4 is 14.2 Å². The Morgan fingerprint density at radius 2 is 1.74 bits per heavy atom. The van der Waals surface area contributed by atoms with Crippen molar-refractivity contribution in [2.24, 2.45) is 5.92 Å². The quantitative estimate of drug-likeness (QED) is 0.566. The highest BCUT2D eigenvalue weighted by Gasteiger charge is 2.27. The summed E-state index contributed by atoms with van der Waals surface area (Å²) in [5.74, 6) is 0.122. The number of halogens is 2. The lowest BCUT2D eigenvalue weighted by molar-refractivity contribution is 0.174. The van der Waals surface area contributed by atoms with Gasteiger partial charge in [0.2, 0.25) is 5.82 Å². The first-order chi connectivity index (χ1) is 13.2. The fourth-order valence-electron chi connectivity index (χ4n) is 3.45. The molecule has 1 heterocycles. The van der Waals surface area contributed by atoms with Gasteiger partial charge in [-0.15, -0.1) is 0 Å². The van der Waals surface area contributed by atoms with Gasteiger partial charge in [-0.2, -0.15) is 4.39 Å². The number of hydrogen-bond acceptors (Lipinski definition) is 3. The molecular weight excluding hydrogens is 350 g/mol. The van der Waals surface area contributed by atoms with E-state index in [0.29, 0.717) is 35.8 Å². The van der Waals surface area contributed by atoms with Crippen LogP contribution >= 0.6 is 0 Å². The molecule has 1 aliphatic carbocycles. The Kier molecular flexibility index (Phi) is 5.19. The smallest absolute Gasteiger partial charge is 0.207 e. The van der Waals surface area contributed by atoms with Gasteiger partial charge in [-0.25, -0.2) is 4.39 Å². The molecule has 1 saturated carbocycles. The molecule has 0 aromatic heterocycles. The molecule has 0 saturated heterocycles. The summed E-state index contributed by atoms with van der Waals surface area (Å²) >= 11 is 0. The predicted molar refractivity (Wildman–Crippen MR) is 99.4 cm³/mol. The lowest BCUT2D eigenvalue weighted by Crippen LogP contribution is -2.20. The van der Waals surface area contributed by atoms with E-state index in [4.69, 9.17) is 14.2 Å². The minimum atomic E-state index is -0.528. The van der Waals surface area contributed by atoms with E-state index in [2.05, 4.69) is 0 Å². The van der Waals surface area contributed by atoms with E-state index in [0.717, 1.165) is 25.7 Å². The van der Waals surface area contributed by atoms with E-state index in [9.17, 15) is 8.78 Å². The van der Waals surface area contributed by atoms with Gasteiger partial charge in [0.1, 0.15) is 6.61 Å². The molecule has 2 aromatic rings. The zero-order valence-electron chi connectivity index (χ0n) is 15.5. The Morgan fingerprint density at radius 1 is 1.00 bits per heavy atom. The van der Waals surface area contributed by atoms with Crippen LogP contribution in [0.15, 0.2) is 24.3 Å². The Hall–Kier alpha value is -2.30. The van der Waals surface area contributed by atoms with Gasteiger partial charge in [0, 0.05) is 11.1 Å². The summed E-state index contributed by atoms with van der Waals surface area (Å²) in [7, 11) is 0. The number of hydrogen-bond donors (Lipinski definition) is 0. The highest BCUT2D eigenvalue weighted by molar-refractivity contribution is 5.77. The molecule has 0 atom stereocenters. The minimum Gasteiger partial charge on any atom is -0.490 e. The van der Waals surface area contributed by atoms with Crippen molar-refractivity contribution in [3.05, 3.63) is 41.5 Å². The molecule has 0 spiro atoms. The Labute approximate surface area is 158 Å². The molecule has 27 heavy (non-hydrogen) atoms. The molecule has 3 nitrogen and oxygen atoms in total. The topological polar surface area (TPSA) is 27.7 Å². The summed E-state index contributed by atoms with van der Waals surface area (Å²) in [6.07, 6.45) is 5.34. The van der Waals surface area contributed by atoms with Gasteiger partial charge >= 0.3 is 0 Å². The molecular formula is C22H24F2O3. The normalized spacial score (nSPS) is 15.4. The maximum Gasteiger partial charge on any atom is 0.207 e. The zero-order valence-corrected chi connectivity index (χ0v) is 15.5. The molecule has 5 heteroatoms. The summed E-state index contributed by atoms with van der Waals surface area (Å²) in [5.41, 5.74) is 1.59. The third-order valence-electron chi connectivity index (χ3n) is 5.38. The average molecular weight is 374 g/mol. The summed E-state index contributed by atoms with van der Waals surface area (Å²) in [6, 6.07) is 6.73. The van der Waals surface area contributed by atoms with E-state index in [-0.39, 0.29) is 23.9 Å². The van der Waals surface area contributed by atoms with Crippen LogP contribution in [0.3, 0.4) is 0 Å². The van der Waals surface area contributed by atoms with Crippen LogP contribution in [0.1, 0.15) is 44.6 Å². The fourth-order valence-corrected chi connectivity index (χ4v) is 3.45. The van der Waals surface area contributed by atoms with Gasteiger partial charge < -0.3 is 14.2 Å². The summed E-state index contributed by atoms with van der Waals surface area (Å²) in [5, 5.41) is 0. The highest BCUT2D eigenvalue weighted by atomic mass is 19.1. The second-order valence-electron chi connectivity index (χ2n) is 7.26. The Balaban J connectivity index is 1.59. The molecule has 2 aliphatic rings. The van der Waals surface area contributed by atoms with Crippen LogP contribution in [0.5, 0.6) is 17.2 Å². The van der Waals surface area contributed by atoms with Crippen LogP contribution in [0.2, 0.25) is 0 Å². The number of fused-ring (bicyclic) bond motifs is 3. The van der Waals surface area contributed by atoms with Gasteiger partial charge in [-0.1, -0.05) is 19.8 Å². The zero-order chi connectivity index (χ0) is 18.8. The average Bonchev–Trinajstić information content (AvgIpc) is 2.64. The number of unbranched alkanes of at least 4 members (excludes halogenated alkanes) is 1. The SMILES string of the molecule is CCCCOc1ccc2c(c1F)OCc1c-2ccc(OCC2CCC2)c1F. The Morgan fingerprint density at radius 3 is 2.44 bits per heavy atom. The summed E-state index contributed by atoms with van der Waals surface area (Å²) in [6.45, 7) is 3.02. The molecule has 2 aromatic carbocycles. The van der Waals surface area contributed by atoms with Gasteiger partial charge in [0.15, 0.2) is 23.1 Å². The van der Waals surface area contributed by atoms with Gasteiger partial charge in [-0.3, -0.25) is 0 Å². The number of benzene rings is 2. The van der Waals surface area contributed by atoms with E-state index < -0.39 is 11.6 Å². The fraction of sp³-hybridized carbons (Fsp3) is 0.455. The van der Waals surface area contributed by atoms with E-state index in [1.54, 1.807) is 24.3 Å². The van der Waals surface area contributed by atoms with Crippen molar-refractivity contribution in [2.75, 3.05) is 13.2 Å². The van der Waals surface area contributed by atoms with E-state index in [1.165, 1.54) is 6.42 Å². The van der Waals surface area contributed by atoms with Crippen LogP contribution in [0, 0.1) is 17.6 Å². The lowest BCUT2D eigenvalue weighted by Gasteiger charge is -2.26. The van der Waals surface area contributed by atoms with Gasteiger partial charge in [0.25, 0.3) is 0 Å².